The molecule has 1 rings (SSSR count). The van der Waals surface area contributed by atoms with Crippen molar-refractivity contribution >= 4 is 25.6 Å². The highest BCUT2D eigenvalue weighted by molar-refractivity contribution is 8.13. The number of aryl methyl sites for hydroxylation is 1. The number of amides is 1. The molecule has 1 aromatic carbocycles. The second-order valence-corrected chi connectivity index (χ2v) is 7.54. The Bertz CT molecular complexity index is 582. The van der Waals surface area contributed by atoms with E-state index in [1.807, 2.05) is 20.8 Å². The predicted molar refractivity (Wildman–Crippen MR) is 76.0 cm³/mol. The SMILES string of the molecule is Cc1cc(C(=O)NC(C)C(C)C)cc(S(=O)(=O)Cl)c1. The molecule has 1 amide bonds. The van der Waals surface area contributed by atoms with Crippen LogP contribution in [0, 0.1) is 12.8 Å². The van der Waals surface area contributed by atoms with E-state index in [-0.39, 0.29) is 16.8 Å². The van der Waals surface area contributed by atoms with Crippen LogP contribution in [0.25, 0.3) is 0 Å². The molecule has 0 fully saturated rings. The van der Waals surface area contributed by atoms with Crippen molar-refractivity contribution in [2.45, 2.75) is 38.6 Å². The lowest BCUT2D eigenvalue weighted by molar-refractivity contribution is 0.0930. The standard InChI is InChI=1S/C13H18ClNO3S/c1-8(2)10(4)15-13(16)11-5-9(3)6-12(7-11)19(14,17)18/h5-8,10H,1-4H3,(H,15,16). The summed E-state index contributed by atoms with van der Waals surface area (Å²) in [5, 5.41) is 2.82. The first-order valence-corrected chi connectivity index (χ1v) is 8.29. The lowest BCUT2D eigenvalue weighted by Gasteiger charge is -2.17. The molecule has 0 aliphatic rings. The molecule has 106 valence electrons. The molecule has 0 saturated carbocycles. The number of carbonyl (C=O) groups excluding carboxylic acids is 1. The Morgan fingerprint density at radius 2 is 1.79 bits per heavy atom. The van der Waals surface area contributed by atoms with Gasteiger partial charge in [-0.2, -0.15) is 0 Å². The molecule has 0 radical (unpaired) electrons. The average Bonchev–Trinajstić information content (AvgIpc) is 2.26. The summed E-state index contributed by atoms with van der Waals surface area (Å²) in [6.45, 7) is 7.61. The highest BCUT2D eigenvalue weighted by atomic mass is 35.7. The van der Waals surface area contributed by atoms with Gasteiger partial charge in [0.25, 0.3) is 15.0 Å². The fourth-order valence-electron chi connectivity index (χ4n) is 1.48. The minimum Gasteiger partial charge on any atom is -0.349 e. The zero-order valence-corrected chi connectivity index (χ0v) is 13.0. The third-order valence-corrected chi connectivity index (χ3v) is 4.29. The van der Waals surface area contributed by atoms with Crippen molar-refractivity contribution in [3.05, 3.63) is 29.3 Å². The van der Waals surface area contributed by atoms with Crippen molar-refractivity contribution in [1.82, 2.24) is 5.32 Å². The minimum atomic E-state index is -3.83. The van der Waals surface area contributed by atoms with Gasteiger partial charge >= 0.3 is 0 Å². The Kier molecular flexibility index (Phi) is 4.98. The van der Waals surface area contributed by atoms with Gasteiger partial charge in [0.1, 0.15) is 0 Å². The molecule has 0 aliphatic carbocycles. The second kappa shape index (κ2) is 5.92. The summed E-state index contributed by atoms with van der Waals surface area (Å²) in [5.41, 5.74) is 0.968. The Hall–Kier alpha value is -1.07. The van der Waals surface area contributed by atoms with E-state index in [9.17, 15) is 13.2 Å². The van der Waals surface area contributed by atoms with E-state index >= 15 is 0 Å². The monoisotopic (exact) mass is 303 g/mol. The fraction of sp³-hybridized carbons (Fsp3) is 0.462. The quantitative estimate of drug-likeness (QED) is 0.870. The number of hydrogen-bond donors (Lipinski definition) is 1. The highest BCUT2D eigenvalue weighted by Crippen LogP contribution is 2.19. The van der Waals surface area contributed by atoms with E-state index in [1.165, 1.54) is 12.1 Å². The Labute approximate surface area is 118 Å². The summed E-state index contributed by atoms with van der Waals surface area (Å²) < 4.78 is 22.6. The van der Waals surface area contributed by atoms with Crippen LogP contribution >= 0.6 is 10.7 Å². The Balaban J connectivity index is 3.08. The summed E-state index contributed by atoms with van der Waals surface area (Å²) in [6.07, 6.45) is 0. The van der Waals surface area contributed by atoms with E-state index < -0.39 is 9.05 Å². The normalized spacial score (nSPS) is 13.4. The Morgan fingerprint density at radius 1 is 1.21 bits per heavy atom. The lowest BCUT2D eigenvalue weighted by atomic mass is 10.1. The summed E-state index contributed by atoms with van der Waals surface area (Å²) >= 11 is 0. The van der Waals surface area contributed by atoms with Crippen molar-refractivity contribution in [1.29, 1.82) is 0 Å². The molecule has 0 spiro atoms. The van der Waals surface area contributed by atoms with Crippen molar-refractivity contribution in [3.63, 3.8) is 0 Å². The van der Waals surface area contributed by atoms with Crippen LogP contribution in [-0.2, 0) is 9.05 Å². The smallest absolute Gasteiger partial charge is 0.261 e. The first-order valence-electron chi connectivity index (χ1n) is 5.98. The first-order chi connectivity index (χ1) is 8.61. The molecular weight excluding hydrogens is 286 g/mol. The van der Waals surface area contributed by atoms with Crippen molar-refractivity contribution in [3.8, 4) is 0 Å². The van der Waals surface area contributed by atoms with Crippen LogP contribution in [-0.4, -0.2) is 20.4 Å². The molecule has 0 saturated heterocycles. The summed E-state index contributed by atoms with van der Waals surface area (Å²) in [7, 11) is 1.47. The molecule has 0 aromatic heterocycles. The van der Waals surface area contributed by atoms with Crippen LogP contribution in [0.1, 0.15) is 36.7 Å². The lowest BCUT2D eigenvalue weighted by Crippen LogP contribution is -2.36. The van der Waals surface area contributed by atoms with Gasteiger partial charge in [-0.3, -0.25) is 4.79 Å². The van der Waals surface area contributed by atoms with Gasteiger partial charge in [-0.15, -0.1) is 0 Å². The number of carbonyl (C=O) groups is 1. The number of hydrogen-bond acceptors (Lipinski definition) is 3. The number of benzene rings is 1. The van der Waals surface area contributed by atoms with Gasteiger partial charge in [-0.05, 0) is 43.5 Å². The van der Waals surface area contributed by atoms with Gasteiger partial charge in [-0.1, -0.05) is 13.8 Å². The van der Waals surface area contributed by atoms with E-state index in [4.69, 9.17) is 10.7 Å². The fourth-order valence-corrected chi connectivity index (χ4v) is 2.34. The van der Waals surface area contributed by atoms with Gasteiger partial charge in [0, 0.05) is 22.3 Å². The number of rotatable bonds is 4. The van der Waals surface area contributed by atoms with Gasteiger partial charge in [0.2, 0.25) is 0 Å². The first kappa shape index (κ1) is 16.0. The summed E-state index contributed by atoms with van der Waals surface area (Å²) in [6, 6.07) is 4.36. The topological polar surface area (TPSA) is 63.2 Å². The molecule has 0 bridgehead atoms. The van der Waals surface area contributed by atoms with Crippen LogP contribution in [0.5, 0.6) is 0 Å². The summed E-state index contributed by atoms with van der Waals surface area (Å²) in [5.74, 6) is -0.00328. The van der Waals surface area contributed by atoms with Gasteiger partial charge in [0.15, 0.2) is 0 Å². The maximum atomic E-state index is 12.0. The second-order valence-electron chi connectivity index (χ2n) is 4.98. The van der Waals surface area contributed by atoms with Crippen LogP contribution in [0.4, 0.5) is 0 Å². The predicted octanol–water partition coefficient (Wildman–Crippen LogP) is 2.70. The van der Waals surface area contributed by atoms with E-state index in [2.05, 4.69) is 5.32 Å². The van der Waals surface area contributed by atoms with Crippen LogP contribution in [0.2, 0.25) is 0 Å². The van der Waals surface area contributed by atoms with Crippen LogP contribution in [0.3, 0.4) is 0 Å². The average molecular weight is 304 g/mol. The molecule has 1 atom stereocenters. The molecular formula is C13H18ClNO3S. The van der Waals surface area contributed by atoms with E-state index in [0.29, 0.717) is 17.0 Å². The maximum absolute atomic E-state index is 12.0. The zero-order valence-electron chi connectivity index (χ0n) is 11.4. The molecule has 1 unspecified atom stereocenters. The highest BCUT2D eigenvalue weighted by Gasteiger charge is 2.17. The number of nitrogens with one attached hydrogen (secondary N) is 1. The minimum absolute atomic E-state index is 0.00377. The van der Waals surface area contributed by atoms with Crippen molar-refractivity contribution in [2.24, 2.45) is 5.92 Å². The number of halogens is 1. The molecule has 1 N–H and O–H groups in total. The third-order valence-electron chi connectivity index (χ3n) is 2.95. The molecule has 6 heteroatoms. The Morgan fingerprint density at radius 3 is 2.26 bits per heavy atom. The molecule has 19 heavy (non-hydrogen) atoms. The molecule has 4 nitrogen and oxygen atoms in total. The largest absolute Gasteiger partial charge is 0.349 e. The summed E-state index contributed by atoms with van der Waals surface area (Å²) in [4.78, 5) is 12.0. The molecule has 0 aliphatic heterocycles. The van der Waals surface area contributed by atoms with E-state index in [1.54, 1.807) is 13.0 Å². The molecule has 1 aromatic rings. The van der Waals surface area contributed by atoms with E-state index in [0.717, 1.165) is 0 Å². The van der Waals surface area contributed by atoms with Gasteiger partial charge in [-0.25, -0.2) is 8.42 Å². The van der Waals surface area contributed by atoms with Gasteiger partial charge < -0.3 is 5.32 Å². The van der Waals surface area contributed by atoms with Gasteiger partial charge in [0.05, 0.1) is 4.90 Å². The van der Waals surface area contributed by atoms with Crippen molar-refractivity contribution in [2.75, 3.05) is 0 Å². The third kappa shape index (κ3) is 4.51. The maximum Gasteiger partial charge on any atom is 0.261 e. The zero-order chi connectivity index (χ0) is 14.8. The molecule has 0 heterocycles. The van der Waals surface area contributed by atoms with Crippen LogP contribution in [0.15, 0.2) is 23.1 Å². The van der Waals surface area contributed by atoms with Crippen LogP contribution < -0.4 is 5.32 Å². The van der Waals surface area contributed by atoms with Crippen molar-refractivity contribution < 1.29 is 13.2 Å².